The highest BCUT2D eigenvalue weighted by atomic mass is 32.1. The van der Waals surface area contributed by atoms with E-state index in [1.165, 1.54) is 30.2 Å². The predicted molar refractivity (Wildman–Crippen MR) is 65.0 cm³/mol. The molecule has 1 aliphatic carbocycles. The van der Waals surface area contributed by atoms with Crippen LogP contribution in [0.4, 0.5) is 10.9 Å². The molecule has 0 unspecified atom stereocenters. The van der Waals surface area contributed by atoms with Gasteiger partial charge in [0.1, 0.15) is 11.5 Å². The van der Waals surface area contributed by atoms with E-state index in [1.807, 2.05) is 5.38 Å². The Morgan fingerprint density at radius 1 is 1.59 bits per heavy atom. The smallest absolute Gasteiger partial charge is 0.275 e. The van der Waals surface area contributed by atoms with Gasteiger partial charge in [-0.3, -0.25) is 15.2 Å². The molecular formula is C10H11N5OS. The van der Waals surface area contributed by atoms with Gasteiger partial charge >= 0.3 is 0 Å². The number of hydrogen-bond acceptors (Lipinski definition) is 5. The number of aromatic nitrogens is 3. The summed E-state index contributed by atoms with van der Waals surface area (Å²) in [7, 11) is 0. The number of hydrogen-bond donors (Lipinski definition) is 3. The number of nitrogens with zero attached hydrogens (tertiary/aromatic N) is 2. The van der Waals surface area contributed by atoms with E-state index in [4.69, 9.17) is 5.73 Å². The lowest BCUT2D eigenvalue weighted by Crippen LogP contribution is -2.12. The molecule has 0 aromatic carbocycles. The molecule has 0 atom stereocenters. The number of nitrogen functional groups attached to an aromatic ring is 1. The van der Waals surface area contributed by atoms with E-state index in [0.29, 0.717) is 22.6 Å². The fourth-order valence-corrected chi connectivity index (χ4v) is 2.32. The molecule has 1 aliphatic rings. The van der Waals surface area contributed by atoms with Gasteiger partial charge in [-0.2, -0.15) is 5.10 Å². The maximum absolute atomic E-state index is 11.8. The van der Waals surface area contributed by atoms with Crippen LogP contribution in [-0.4, -0.2) is 21.1 Å². The van der Waals surface area contributed by atoms with Crippen LogP contribution in [0.25, 0.3) is 0 Å². The minimum absolute atomic E-state index is 0.272. The number of rotatable bonds is 3. The minimum Gasteiger partial charge on any atom is -0.382 e. The molecule has 0 bridgehead atoms. The number of carbonyl (C=O) groups excluding carboxylic acids is 1. The lowest BCUT2D eigenvalue weighted by Gasteiger charge is -1.97. The third-order valence-electron chi connectivity index (χ3n) is 2.58. The fraction of sp³-hybridized carbons (Fsp3) is 0.300. The lowest BCUT2D eigenvalue weighted by atomic mass is 10.3. The molecule has 7 heteroatoms. The Hall–Kier alpha value is -1.89. The summed E-state index contributed by atoms with van der Waals surface area (Å²) in [6.45, 7) is 0. The summed E-state index contributed by atoms with van der Waals surface area (Å²) >= 11 is 1.44. The Balaban J connectivity index is 1.71. The van der Waals surface area contributed by atoms with Crippen LogP contribution < -0.4 is 11.1 Å². The molecule has 2 aromatic heterocycles. The molecule has 0 aliphatic heterocycles. The van der Waals surface area contributed by atoms with Crippen LogP contribution in [-0.2, 0) is 0 Å². The van der Waals surface area contributed by atoms with Gasteiger partial charge < -0.3 is 5.73 Å². The molecule has 0 radical (unpaired) electrons. The van der Waals surface area contributed by atoms with Crippen molar-refractivity contribution in [3.05, 3.63) is 22.8 Å². The normalized spacial score (nSPS) is 14.8. The minimum atomic E-state index is -0.272. The highest BCUT2D eigenvalue weighted by Gasteiger charge is 2.26. The summed E-state index contributed by atoms with van der Waals surface area (Å²) in [6, 6.07) is 1.49. The molecule has 1 amide bonds. The van der Waals surface area contributed by atoms with Gasteiger partial charge in [-0.15, -0.1) is 11.3 Å². The topological polar surface area (TPSA) is 96.7 Å². The number of carbonyl (C=O) groups is 1. The monoisotopic (exact) mass is 249 g/mol. The third kappa shape index (κ3) is 2.14. The maximum Gasteiger partial charge on any atom is 0.275 e. The summed E-state index contributed by atoms with van der Waals surface area (Å²) in [5, 5.41) is 11.6. The first kappa shape index (κ1) is 10.3. The average Bonchev–Trinajstić information content (AvgIpc) is 2.90. The molecule has 2 heterocycles. The second-order valence-corrected chi connectivity index (χ2v) is 4.87. The summed E-state index contributed by atoms with van der Waals surface area (Å²) in [6.07, 6.45) is 2.41. The van der Waals surface area contributed by atoms with Crippen molar-refractivity contribution in [1.29, 1.82) is 0 Å². The van der Waals surface area contributed by atoms with E-state index < -0.39 is 0 Å². The summed E-state index contributed by atoms with van der Waals surface area (Å²) in [5.74, 6) is 0.624. The van der Waals surface area contributed by atoms with E-state index in [0.717, 1.165) is 5.69 Å². The van der Waals surface area contributed by atoms with Crippen LogP contribution in [0.15, 0.2) is 11.4 Å². The Kier molecular flexibility index (Phi) is 2.32. The third-order valence-corrected chi connectivity index (χ3v) is 3.36. The maximum atomic E-state index is 11.8. The van der Waals surface area contributed by atoms with Crippen LogP contribution in [0.2, 0.25) is 0 Å². The van der Waals surface area contributed by atoms with E-state index >= 15 is 0 Å². The number of aromatic amines is 1. The summed E-state index contributed by atoms with van der Waals surface area (Å²) < 4.78 is 0. The van der Waals surface area contributed by atoms with Crippen LogP contribution >= 0.6 is 11.3 Å². The van der Waals surface area contributed by atoms with Crippen molar-refractivity contribution >= 4 is 28.2 Å². The quantitative estimate of drug-likeness (QED) is 0.769. The number of anilines is 2. The number of nitrogens with one attached hydrogen (secondary N) is 2. The lowest BCUT2D eigenvalue weighted by molar-refractivity contribution is 0.102. The zero-order chi connectivity index (χ0) is 11.8. The van der Waals surface area contributed by atoms with Gasteiger partial charge in [-0.1, -0.05) is 0 Å². The van der Waals surface area contributed by atoms with E-state index in [1.54, 1.807) is 0 Å². The van der Waals surface area contributed by atoms with Gasteiger partial charge in [0.15, 0.2) is 5.13 Å². The highest BCUT2D eigenvalue weighted by Crippen LogP contribution is 2.40. The van der Waals surface area contributed by atoms with E-state index in [2.05, 4.69) is 20.5 Å². The van der Waals surface area contributed by atoms with Gasteiger partial charge in [0.25, 0.3) is 5.91 Å². The van der Waals surface area contributed by atoms with Crippen molar-refractivity contribution in [2.75, 3.05) is 11.1 Å². The van der Waals surface area contributed by atoms with Crippen molar-refractivity contribution in [3.63, 3.8) is 0 Å². The Morgan fingerprint density at radius 2 is 2.41 bits per heavy atom. The number of thiazole rings is 1. The summed E-state index contributed by atoms with van der Waals surface area (Å²) in [4.78, 5) is 16.1. The molecule has 3 rings (SSSR count). The SMILES string of the molecule is Nc1cc(C(=O)Nc2nc(C3CC3)cs2)[nH]n1. The van der Waals surface area contributed by atoms with Crippen molar-refractivity contribution in [3.8, 4) is 0 Å². The number of amides is 1. The van der Waals surface area contributed by atoms with E-state index in [9.17, 15) is 4.79 Å². The average molecular weight is 249 g/mol. The zero-order valence-corrected chi connectivity index (χ0v) is 9.75. The molecule has 6 nitrogen and oxygen atoms in total. The molecule has 1 fully saturated rings. The molecule has 2 aromatic rings. The van der Waals surface area contributed by atoms with Crippen molar-refractivity contribution < 1.29 is 4.79 Å². The van der Waals surface area contributed by atoms with Crippen molar-refractivity contribution in [1.82, 2.24) is 15.2 Å². The van der Waals surface area contributed by atoms with Crippen LogP contribution in [0.5, 0.6) is 0 Å². The van der Waals surface area contributed by atoms with Crippen molar-refractivity contribution in [2.24, 2.45) is 0 Å². The van der Waals surface area contributed by atoms with Crippen LogP contribution in [0.1, 0.15) is 34.9 Å². The predicted octanol–water partition coefficient (Wildman–Crippen LogP) is 1.58. The van der Waals surface area contributed by atoms with Crippen LogP contribution in [0, 0.1) is 0 Å². The Bertz CT molecular complexity index is 557. The van der Waals surface area contributed by atoms with Gasteiger partial charge in [-0.05, 0) is 12.8 Å². The standard InChI is InChI=1S/C10H11N5OS/c11-8-3-6(14-15-8)9(16)13-10-12-7(4-17-10)5-1-2-5/h3-5H,1-2H2,(H3,11,14,15)(H,12,13,16). The van der Waals surface area contributed by atoms with Gasteiger partial charge in [0, 0.05) is 17.4 Å². The van der Waals surface area contributed by atoms with Crippen molar-refractivity contribution in [2.45, 2.75) is 18.8 Å². The first-order valence-electron chi connectivity index (χ1n) is 5.30. The Labute approximate surface area is 101 Å². The van der Waals surface area contributed by atoms with Gasteiger partial charge in [0.05, 0.1) is 5.69 Å². The first-order valence-corrected chi connectivity index (χ1v) is 6.18. The molecule has 0 spiro atoms. The van der Waals surface area contributed by atoms with Crippen LogP contribution in [0.3, 0.4) is 0 Å². The molecule has 17 heavy (non-hydrogen) atoms. The molecule has 1 saturated carbocycles. The second-order valence-electron chi connectivity index (χ2n) is 4.01. The molecular weight excluding hydrogens is 238 g/mol. The second kappa shape index (κ2) is 3.85. The molecule has 0 saturated heterocycles. The van der Waals surface area contributed by atoms with E-state index in [-0.39, 0.29) is 5.91 Å². The Morgan fingerprint density at radius 3 is 3.06 bits per heavy atom. The number of H-pyrrole nitrogens is 1. The fourth-order valence-electron chi connectivity index (χ4n) is 1.53. The first-order chi connectivity index (χ1) is 8.22. The largest absolute Gasteiger partial charge is 0.382 e. The number of nitrogens with two attached hydrogens (primary N) is 1. The van der Waals surface area contributed by atoms with Gasteiger partial charge in [0.2, 0.25) is 0 Å². The molecule has 88 valence electrons. The highest BCUT2D eigenvalue weighted by molar-refractivity contribution is 7.14. The summed E-state index contributed by atoms with van der Waals surface area (Å²) in [5.41, 5.74) is 6.84. The van der Waals surface area contributed by atoms with Gasteiger partial charge in [-0.25, -0.2) is 4.98 Å². The zero-order valence-electron chi connectivity index (χ0n) is 8.93. The molecule has 4 N–H and O–H groups in total.